The monoisotopic (exact) mass is 440 g/mol. The number of allylic oxidation sites excluding steroid dienone is 1. The Kier molecular flexibility index (Phi) is 6.85. The van der Waals surface area contributed by atoms with E-state index in [0.29, 0.717) is 37.4 Å². The number of Topliss-reactive ketones (excluding diaryl/α,β-unsaturated/α-hetero) is 1. The van der Waals surface area contributed by atoms with Crippen molar-refractivity contribution >= 4 is 11.8 Å². The average molecular weight is 440 g/mol. The second-order valence-electron chi connectivity index (χ2n) is 7.85. The predicted octanol–water partition coefficient (Wildman–Crippen LogP) is 4.58. The molecule has 1 aliphatic heterocycles. The van der Waals surface area contributed by atoms with Gasteiger partial charge in [-0.3, -0.25) is 4.79 Å². The first kappa shape index (κ1) is 22.0. The number of ketones is 1. The van der Waals surface area contributed by atoms with Crippen LogP contribution in [-0.2, 0) is 25.6 Å². The summed E-state index contributed by atoms with van der Waals surface area (Å²) in [5, 5.41) is 0. The molecule has 1 fully saturated rings. The van der Waals surface area contributed by atoms with Crippen LogP contribution in [0.25, 0.3) is 0 Å². The van der Waals surface area contributed by atoms with Crippen molar-refractivity contribution < 1.29 is 32.9 Å². The van der Waals surface area contributed by atoms with Gasteiger partial charge in [0, 0.05) is 6.42 Å². The third-order valence-electron chi connectivity index (χ3n) is 5.67. The average Bonchev–Trinajstić information content (AvgIpc) is 2.81. The van der Waals surface area contributed by atoms with Gasteiger partial charge in [-0.1, -0.05) is 12.1 Å². The van der Waals surface area contributed by atoms with Crippen molar-refractivity contribution in [2.45, 2.75) is 45.0 Å². The lowest BCUT2D eigenvalue weighted by molar-refractivity contribution is -0.134. The van der Waals surface area contributed by atoms with Crippen LogP contribution in [0.15, 0.2) is 60.6 Å². The summed E-state index contributed by atoms with van der Waals surface area (Å²) < 4.78 is 35.5. The Morgan fingerprint density at radius 1 is 1.09 bits per heavy atom. The molecule has 2 aromatic rings. The molecule has 0 saturated heterocycles. The maximum atomic E-state index is 13.0. The summed E-state index contributed by atoms with van der Waals surface area (Å²) >= 11 is 0. The number of esters is 1. The molecular weight excluding hydrogens is 415 g/mol. The lowest BCUT2D eigenvalue weighted by Gasteiger charge is -2.37. The van der Waals surface area contributed by atoms with E-state index in [2.05, 4.69) is 0 Å². The fourth-order valence-corrected chi connectivity index (χ4v) is 3.95. The van der Waals surface area contributed by atoms with Crippen LogP contribution in [0, 0.1) is 11.7 Å². The highest BCUT2D eigenvalue weighted by Crippen LogP contribution is 2.35. The highest BCUT2D eigenvalue weighted by molar-refractivity contribution is 5.96. The number of carbonyl (C=O) groups excluding carboxylic acids is 2. The normalized spacial score (nSPS) is 22.4. The summed E-state index contributed by atoms with van der Waals surface area (Å²) in [5.41, 5.74) is 1.32. The summed E-state index contributed by atoms with van der Waals surface area (Å²) in [6, 6.07) is 12.6. The van der Waals surface area contributed by atoms with E-state index >= 15 is 0 Å². The predicted molar refractivity (Wildman–Crippen MR) is 113 cm³/mol. The van der Waals surface area contributed by atoms with Crippen LogP contribution < -0.4 is 4.74 Å². The third-order valence-corrected chi connectivity index (χ3v) is 5.67. The molecule has 2 aromatic carbocycles. The van der Waals surface area contributed by atoms with Gasteiger partial charge in [-0.15, -0.1) is 0 Å². The molecule has 0 spiro atoms. The molecule has 7 heteroatoms. The molecule has 1 saturated carbocycles. The smallest absolute Gasteiger partial charge is 0.338 e. The Labute approximate surface area is 185 Å². The second-order valence-corrected chi connectivity index (χ2v) is 7.85. The molecule has 3 atom stereocenters. The molecule has 0 amide bonds. The molecule has 32 heavy (non-hydrogen) atoms. The molecule has 1 aliphatic carbocycles. The zero-order valence-electron chi connectivity index (χ0n) is 17.8. The summed E-state index contributed by atoms with van der Waals surface area (Å²) in [6.45, 7) is 2.44. The van der Waals surface area contributed by atoms with Crippen LogP contribution in [0.2, 0.25) is 0 Å². The number of hydrogen-bond donors (Lipinski definition) is 0. The number of fused-ring (bicyclic) bond motifs is 1. The maximum Gasteiger partial charge on any atom is 0.338 e. The van der Waals surface area contributed by atoms with Crippen molar-refractivity contribution in [3.05, 3.63) is 77.5 Å². The summed E-state index contributed by atoms with van der Waals surface area (Å²) in [7, 11) is 0. The van der Waals surface area contributed by atoms with Crippen molar-refractivity contribution in [1.29, 1.82) is 0 Å². The van der Waals surface area contributed by atoms with Crippen LogP contribution in [0.3, 0.4) is 0 Å². The van der Waals surface area contributed by atoms with Crippen LogP contribution in [-0.4, -0.2) is 30.6 Å². The van der Waals surface area contributed by atoms with Gasteiger partial charge in [-0.05, 0) is 61.7 Å². The number of benzene rings is 2. The number of hydrogen-bond acceptors (Lipinski definition) is 6. The standard InChI is InChI=1S/C25H25FO6/c1-2-29-25(28)17-5-9-19(10-6-17)32-23-15-31-22-13-20(11-12-21(22)24(23)27)30-14-16-3-7-18(26)8-4-16/h3-10,15,20-22H,2,11-14H2,1H3. The zero-order valence-corrected chi connectivity index (χ0v) is 17.8. The molecule has 168 valence electrons. The van der Waals surface area contributed by atoms with Gasteiger partial charge in [0.2, 0.25) is 11.5 Å². The Morgan fingerprint density at radius 2 is 1.84 bits per heavy atom. The summed E-state index contributed by atoms with van der Waals surface area (Å²) in [5.74, 6) is -0.455. The lowest BCUT2D eigenvalue weighted by atomic mass is 9.80. The quantitative estimate of drug-likeness (QED) is 0.587. The van der Waals surface area contributed by atoms with Gasteiger partial charge in [0.25, 0.3) is 0 Å². The Balaban J connectivity index is 1.32. The topological polar surface area (TPSA) is 71.1 Å². The first-order valence-corrected chi connectivity index (χ1v) is 10.7. The van der Waals surface area contributed by atoms with Crippen LogP contribution in [0.1, 0.15) is 42.1 Å². The van der Waals surface area contributed by atoms with E-state index in [1.807, 2.05) is 0 Å². The largest absolute Gasteiger partial charge is 0.493 e. The van der Waals surface area contributed by atoms with Crippen LogP contribution in [0.5, 0.6) is 5.75 Å². The van der Waals surface area contributed by atoms with E-state index in [9.17, 15) is 14.0 Å². The molecule has 3 unspecified atom stereocenters. The summed E-state index contributed by atoms with van der Waals surface area (Å²) in [6.07, 6.45) is 3.06. The second kappa shape index (κ2) is 9.96. The van der Waals surface area contributed by atoms with Crippen molar-refractivity contribution in [2.24, 2.45) is 5.92 Å². The number of rotatable bonds is 7. The van der Waals surface area contributed by atoms with Crippen molar-refractivity contribution in [3.8, 4) is 5.75 Å². The van der Waals surface area contributed by atoms with Crippen molar-refractivity contribution in [2.75, 3.05) is 6.61 Å². The Morgan fingerprint density at radius 3 is 2.56 bits per heavy atom. The van der Waals surface area contributed by atoms with Gasteiger partial charge >= 0.3 is 5.97 Å². The third kappa shape index (κ3) is 5.16. The molecule has 4 rings (SSSR count). The minimum atomic E-state index is -0.406. The van der Waals surface area contributed by atoms with E-state index in [0.717, 1.165) is 12.0 Å². The van der Waals surface area contributed by atoms with Gasteiger partial charge in [0.05, 0.1) is 30.8 Å². The van der Waals surface area contributed by atoms with E-state index in [-0.39, 0.29) is 35.5 Å². The van der Waals surface area contributed by atoms with Gasteiger partial charge in [0.1, 0.15) is 23.9 Å². The zero-order chi connectivity index (χ0) is 22.5. The van der Waals surface area contributed by atoms with E-state index in [1.165, 1.54) is 18.4 Å². The molecule has 1 heterocycles. The molecule has 0 N–H and O–H groups in total. The number of halogens is 1. The minimum Gasteiger partial charge on any atom is -0.493 e. The van der Waals surface area contributed by atoms with Gasteiger partial charge in [-0.2, -0.15) is 0 Å². The van der Waals surface area contributed by atoms with Gasteiger partial charge in [0.15, 0.2) is 0 Å². The number of ether oxygens (including phenoxy) is 4. The number of carbonyl (C=O) groups is 2. The molecule has 6 nitrogen and oxygen atoms in total. The van der Waals surface area contributed by atoms with Crippen molar-refractivity contribution in [1.82, 2.24) is 0 Å². The Bertz CT molecular complexity index is 982. The van der Waals surface area contributed by atoms with Crippen molar-refractivity contribution in [3.63, 3.8) is 0 Å². The molecule has 0 radical (unpaired) electrons. The Hall–Kier alpha value is -3.19. The first-order chi connectivity index (χ1) is 15.5. The summed E-state index contributed by atoms with van der Waals surface area (Å²) in [4.78, 5) is 24.7. The van der Waals surface area contributed by atoms with Gasteiger partial charge in [-0.25, -0.2) is 9.18 Å². The highest BCUT2D eigenvalue weighted by atomic mass is 19.1. The minimum absolute atomic E-state index is 0.0274. The molecule has 0 bridgehead atoms. The van der Waals surface area contributed by atoms with E-state index in [4.69, 9.17) is 18.9 Å². The molecule has 0 aromatic heterocycles. The van der Waals surface area contributed by atoms with Crippen LogP contribution in [0.4, 0.5) is 4.39 Å². The highest BCUT2D eigenvalue weighted by Gasteiger charge is 2.41. The molecular formula is C25H25FO6. The SMILES string of the molecule is CCOC(=O)c1ccc(OC2=COC3CC(OCc4ccc(F)cc4)CCC3C2=O)cc1. The lowest BCUT2D eigenvalue weighted by Crippen LogP contribution is -2.42. The van der Waals surface area contributed by atoms with Crippen LogP contribution >= 0.6 is 0 Å². The maximum absolute atomic E-state index is 13.0. The van der Waals surface area contributed by atoms with E-state index in [1.54, 1.807) is 43.3 Å². The molecule has 2 aliphatic rings. The fraction of sp³-hybridized carbons (Fsp3) is 0.360. The van der Waals surface area contributed by atoms with E-state index < -0.39 is 5.97 Å². The first-order valence-electron chi connectivity index (χ1n) is 10.7. The van der Waals surface area contributed by atoms with Gasteiger partial charge < -0.3 is 18.9 Å². The fourth-order valence-electron chi connectivity index (χ4n) is 3.95.